The van der Waals surface area contributed by atoms with E-state index >= 15 is 0 Å². The van der Waals surface area contributed by atoms with E-state index in [1.165, 1.54) is 38.5 Å². The van der Waals surface area contributed by atoms with E-state index in [2.05, 4.69) is 11.9 Å². The Bertz CT molecular complexity index is 164. The van der Waals surface area contributed by atoms with E-state index in [0.717, 1.165) is 18.8 Å². The van der Waals surface area contributed by atoms with Gasteiger partial charge in [-0.1, -0.05) is 19.4 Å². The van der Waals surface area contributed by atoms with Crippen molar-refractivity contribution in [3.05, 3.63) is 12.3 Å². The summed E-state index contributed by atoms with van der Waals surface area (Å²) in [6.07, 6.45) is 8.28. The highest BCUT2D eigenvalue weighted by atomic mass is 16.5. The molecule has 0 aromatic heterocycles. The van der Waals surface area contributed by atoms with Crippen molar-refractivity contribution >= 4 is 0 Å². The van der Waals surface area contributed by atoms with Crippen LogP contribution in [0.5, 0.6) is 0 Å². The summed E-state index contributed by atoms with van der Waals surface area (Å²) >= 11 is 0. The van der Waals surface area contributed by atoms with E-state index in [4.69, 9.17) is 4.74 Å². The number of hydrogen-bond donors (Lipinski definition) is 1. The predicted octanol–water partition coefficient (Wildman–Crippen LogP) is 2.85. The van der Waals surface area contributed by atoms with Crippen LogP contribution >= 0.6 is 0 Å². The van der Waals surface area contributed by atoms with Gasteiger partial charge in [-0.3, -0.25) is 0 Å². The minimum absolute atomic E-state index is 0.625. The van der Waals surface area contributed by atoms with Crippen LogP contribution in [0.3, 0.4) is 0 Å². The average Bonchev–Trinajstić information content (AvgIpc) is 2.92. The largest absolute Gasteiger partial charge is 0.389 e. The highest BCUT2D eigenvalue weighted by molar-refractivity contribution is 4.83. The number of ether oxygens (including phenoxy) is 1. The summed E-state index contributed by atoms with van der Waals surface area (Å²) in [5.41, 5.74) is 1.07. The van der Waals surface area contributed by atoms with Crippen LogP contribution in [0.25, 0.3) is 0 Å². The van der Waals surface area contributed by atoms with Crippen LogP contribution in [-0.2, 0) is 4.74 Å². The fraction of sp³-hybridized carbons (Fsp3) is 0.833. The van der Waals surface area contributed by atoms with E-state index < -0.39 is 0 Å². The molecule has 0 spiro atoms. The topological polar surface area (TPSA) is 21.3 Å². The lowest BCUT2D eigenvalue weighted by molar-refractivity contribution is 0.115. The lowest BCUT2D eigenvalue weighted by atomic mass is 10.2. The molecule has 1 saturated carbocycles. The first kappa shape index (κ1) is 11.6. The minimum Gasteiger partial charge on any atom is -0.389 e. The molecule has 82 valence electrons. The van der Waals surface area contributed by atoms with Gasteiger partial charge in [0.2, 0.25) is 0 Å². The predicted molar refractivity (Wildman–Crippen MR) is 60.3 cm³/mol. The standard InChI is InChI=1S/C12H23NO/c1-11(2)13-9-5-3-4-6-10-14-12-7-8-12/h12-13H,1,3-10H2,2H3. The first-order chi connectivity index (χ1) is 6.79. The average molecular weight is 197 g/mol. The Balaban J connectivity index is 1.68. The Kier molecular flexibility index (Phi) is 5.69. The molecule has 14 heavy (non-hydrogen) atoms. The quantitative estimate of drug-likeness (QED) is 0.574. The van der Waals surface area contributed by atoms with Crippen LogP contribution in [0.4, 0.5) is 0 Å². The van der Waals surface area contributed by atoms with E-state index in [1.54, 1.807) is 0 Å². The molecular weight excluding hydrogens is 174 g/mol. The van der Waals surface area contributed by atoms with Crippen LogP contribution < -0.4 is 5.32 Å². The first-order valence-electron chi connectivity index (χ1n) is 5.80. The lowest BCUT2D eigenvalue weighted by Crippen LogP contribution is -2.11. The maximum Gasteiger partial charge on any atom is 0.0577 e. The second kappa shape index (κ2) is 6.88. The van der Waals surface area contributed by atoms with Gasteiger partial charge in [-0.15, -0.1) is 0 Å². The molecule has 2 heteroatoms. The van der Waals surface area contributed by atoms with Crippen molar-refractivity contribution in [1.82, 2.24) is 5.32 Å². The van der Waals surface area contributed by atoms with E-state index in [0.29, 0.717) is 6.10 Å². The Morgan fingerprint density at radius 3 is 2.64 bits per heavy atom. The van der Waals surface area contributed by atoms with Crippen molar-refractivity contribution in [2.45, 2.75) is 51.6 Å². The zero-order valence-electron chi connectivity index (χ0n) is 9.35. The Morgan fingerprint density at radius 1 is 1.29 bits per heavy atom. The van der Waals surface area contributed by atoms with Crippen molar-refractivity contribution in [1.29, 1.82) is 0 Å². The molecule has 0 amide bonds. The number of allylic oxidation sites excluding steroid dienone is 1. The molecule has 1 aliphatic rings. The summed E-state index contributed by atoms with van der Waals surface area (Å²) in [6.45, 7) is 7.84. The third kappa shape index (κ3) is 6.96. The SMILES string of the molecule is C=C(C)NCCCCCCOC1CC1. The summed E-state index contributed by atoms with van der Waals surface area (Å²) in [5, 5.41) is 3.24. The zero-order valence-corrected chi connectivity index (χ0v) is 9.35. The normalized spacial score (nSPS) is 15.5. The molecule has 1 fully saturated rings. The van der Waals surface area contributed by atoms with Crippen molar-refractivity contribution in [2.75, 3.05) is 13.2 Å². The number of nitrogens with one attached hydrogen (secondary N) is 1. The molecule has 2 nitrogen and oxygen atoms in total. The summed E-state index contributed by atoms with van der Waals surface area (Å²) in [4.78, 5) is 0. The second-order valence-electron chi connectivity index (χ2n) is 4.19. The zero-order chi connectivity index (χ0) is 10.2. The smallest absolute Gasteiger partial charge is 0.0577 e. The Labute approximate surface area is 87.7 Å². The molecule has 0 unspecified atom stereocenters. The third-order valence-electron chi connectivity index (χ3n) is 2.38. The first-order valence-corrected chi connectivity index (χ1v) is 5.80. The molecule has 0 atom stereocenters. The molecule has 0 aromatic carbocycles. The summed E-state index contributed by atoms with van der Waals surface area (Å²) in [7, 11) is 0. The van der Waals surface area contributed by atoms with Gasteiger partial charge in [-0.25, -0.2) is 0 Å². The molecule has 0 saturated heterocycles. The van der Waals surface area contributed by atoms with Gasteiger partial charge in [-0.2, -0.15) is 0 Å². The maximum absolute atomic E-state index is 5.57. The van der Waals surface area contributed by atoms with Crippen molar-refractivity contribution in [3.8, 4) is 0 Å². The third-order valence-corrected chi connectivity index (χ3v) is 2.38. The van der Waals surface area contributed by atoms with Gasteiger partial charge in [0.25, 0.3) is 0 Å². The number of unbranched alkanes of at least 4 members (excludes halogenated alkanes) is 3. The number of rotatable bonds is 9. The Morgan fingerprint density at radius 2 is 2.00 bits per heavy atom. The molecule has 0 aromatic rings. The van der Waals surface area contributed by atoms with Gasteiger partial charge in [0.05, 0.1) is 6.10 Å². The summed E-state index contributed by atoms with van der Waals surface area (Å²) < 4.78 is 5.57. The monoisotopic (exact) mass is 197 g/mol. The number of hydrogen-bond acceptors (Lipinski definition) is 2. The van der Waals surface area contributed by atoms with Gasteiger partial charge in [-0.05, 0) is 32.6 Å². The maximum atomic E-state index is 5.57. The van der Waals surface area contributed by atoms with Crippen LogP contribution in [0, 0.1) is 0 Å². The summed E-state index contributed by atoms with van der Waals surface area (Å²) in [5.74, 6) is 0. The van der Waals surface area contributed by atoms with E-state index in [1.807, 2.05) is 6.92 Å². The van der Waals surface area contributed by atoms with Crippen LogP contribution in [0.1, 0.15) is 45.4 Å². The van der Waals surface area contributed by atoms with Crippen LogP contribution in [0.15, 0.2) is 12.3 Å². The van der Waals surface area contributed by atoms with Gasteiger partial charge in [0, 0.05) is 18.8 Å². The molecule has 0 heterocycles. The van der Waals surface area contributed by atoms with Gasteiger partial charge in [0.15, 0.2) is 0 Å². The molecular formula is C12H23NO. The van der Waals surface area contributed by atoms with Gasteiger partial charge < -0.3 is 10.1 Å². The molecule has 0 radical (unpaired) electrons. The second-order valence-corrected chi connectivity index (χ2v) is 4.19. The Hall–Kier alpha value is -0.500. The molecule has 1 aliphatic carbocycles. The van der Waals surface area contributed by atoms with Crippen LogP contribution in [0.2, 0.25) is 0 Å². The minimum atomic E-state index is 0.625. The van der Waals surface area contributed by atoms with E-state index in [-0.39, 0.29) is 0 Å². The van der Waals surface area contributed by atoms with Crippen molar-refractivity contribution < 1.29 is 4.74 Å². The lowest BCUT2D eigenvalue weighted by Gasteiger charge is -2.05. The molecule has 1 N–H and O–H groups in total. The fourth-order valence-corrected chi connectivity index (χ4v) is 1.37. The summed E-state index contributed by atoms with van der Waals surface area (Å²) in [6, 6.07) is 0. The molecule has 0 aliphatic heterocycles. The molecule has 1 rings (SSSR count). The van der Waals surface area contributed by atoms with Crippen LogP contribution in [-0.4, -0.2) is 19.3 Å². The van der Waals surface area contributed by atoms with E-state index in [9.17, 15) is 0 Å². The fourth-order valence-electron chi connectivity index (χ4n) is 1.37. The highest BCUT2D eigenvalue weighted by Crippen LogP contribution is 2.23. The van der Waals surface area contributed by atoms with Crippen molar-refractivity contribution in [3.63, 3.8) is 0 Å². The highest BCUT2D eigenvalue weighted by Gasteiger charge is 2.21. The van der Waals surface area contributed by atoms with Gasteiger partial charge in [0.1, 0.15) is 0 Å². The molecule has 0 bridgehead atoms. The van der Waals surface area contributed by atoms with Gasteiger partial charge >= 0.3 is 0 Å². The van der Waals surface area contributed by atoms with Crippen molar-refractivity contribution in [2.24, 2.45) is 0 Å².